The molecule has 0 heterocycles. The minimum atomic E-state index is -0.265. The second-order valence-corrected chi connectivity index (χ2v) is 14.7. The second kappa shape index (κ2) is 12.7. The van der Waals surface area contributed by atoms with E-state index in [1.165, 1.54) is 10.8 Å². The number of halogens is 2. The summed E-state index contributed by atoms with van der Waals surface area (Å²) < 4.78 is 33.9. The Balaban J connectivity index is 1.10. The molecule has 0 saturated carbocycles. The summed E-state index contributed by atoms with van der Waals surface area (Å²) in [6, 6.07) is 65.4. The molecule has 0 nitrogen and oxygen atoms in total. The number of benzene rings is 11. The maximum atomic E-state index is 16.9. The van der Waals surface area contributed by atoms with Gasteiger partial charge >= 0.3 is 0 Å². The molecular formula is C54H32F2. The van der Waals surface area contributed by atoms with Crippen LogP contribution < -0.4 is 0 Å². The van der Waals surface area contributed by atoms with Gasteiger partial charge < -0.3 is 0 Å². The van der Waals surface area contributed by atoms with Gasteiger partial charge in [0.1, 0.15) is 11.6 Å². The molecule has 0 radical (unpaired) electrons. The molecule has 0 aliphatic rings. The Morgan fingerprint density at radius 3 is 0.946 bits per heavy atom. The molecule has 56 heavy (non-hydrogen) atoms. The molecule has 11 aromatic rings. The summed E-state index contributed by atoms with van der Waals surface area (Å²) in [6.45, 7) is 0. The van der Waals surface area contributed by atoms with Crippen LogP contribution >= 0.6 is 0 Å². The van der Waals surface area contributed by atoms with Crippen molar-refractivity contribution in [1.29, 1.82) is 0 Å². The number of fused-ring (bicyclic) bond motifs is 8. The quantitative estimate of drug-likeness (QED) is 0.159. The minimum Gasteiger partial charge on any atom is -0.206 e. The van der Waals surface area contributed by atoms with E-state index in [1.54, 1.807) is 0 Å². The van der Waals surface area contributed by atoms with Gasteiger partial charge in [0.05, 0.1) is 0 Å². The lowest BCUT2D eigenvalue weighted by atomic mass is 9.88. The minimum absolute atomic E-state index is 0.265. The zero-order valence-electron chi connectivity index (χ0n) is 30.2. The number of rotatable bonds is 4. The van der Waals surface area contributed by atoms with E-state index >= 15 is 8.78 Å². The first-order chi connectivity index (χ1) is 27.6. The summed E-state index contributed by atoms with van der Waals surface area (Å²) in [5.41, 5.74) is 6.72. The van der Waals surface area contributed by atoms with E-state index in [1.807, 2.05) is 97.1 Å². The van der Waals surface area contributed by atoms with Gasteiger partial charge in [-0.2, -0.15) is 0 Å². The van der Waals surface area contributed by atoms with Crippen molar-refractivity contribution in [3.63, 3.8) is 0 Å². The van der Waals surface area contributed by atoms with Crippen molar-refractivity contribution in [2.45, 2.75) is 0 Å². The molecule has 0 fully saturated rings. The summed E-state index contributed by atoms with van der Waals surface area (Å²) in [5.74, 6) is -0.530. The fourth-order valence-electron chi connectivity index (χ4n) is 8.76. The highest BCUT2D eigenvalue weighted by Crippen LogP contribution is 2.43. The zero-order chi connectivity index (χ0) is 37.3. The van der Waals surface area contributed by atoms with E-state index in [2.05, 4.69) is 97.1 Å². The average Bonchev–Trinajstić information content (AvgIpc) is 3.26. The van der Waals surface area contributed by atoms with Crippen LogP contribution in [0.5, 0.6) is 0 Å². The molecule has 262 valence electrons. The third kappa shape index (κ3) is 5.11. The van der Waals surface area contributed by atoms with Gasteiger partial charge in [-0.15, -0.1) is 0 Å². The molecule has 0 aliphatic carbocycles. The van der Waals surface area contributed by atoms with Crippen molar-refractivity contribution in [3.05, 3.63) is 206 Å². The van der Waals surface area contributed by atoms with E-state index in [4.69, 9.17) is 0 Å². The van der Waals surface area contributed by atoms with Crippen LogP contribution in [0.2, 0.25) is 0 Å². The second-order valence-electron chi connectivity index (χ2n) is 14.7. The van der Waals surface area contributed by atoms with Crippen LogP contribution in [0.1, 0.15) is 0 Å². The van der Waals surface area contributed by atoms with Gasteiger partial charge in [-0.3, -0.25) is 0 Å². The van der Waals surface area contributed by atoms with Crippen LogP contribution in [0.25, 0.3) is 109 Å². The molecule has 0 atom stereocenters. The van der Waals surface area contributed by atoms with Gasteiger partial charge in [0, 0.05) is 21.9 Å². The molecule has 11 rings (SSSR count). The maximum Gasteiger partial charge on any atom is 0.139 e. The Morgan fingerprint density at radius 2 is 0.518 bits per heavy atom. The van der Waals surface area contributed by atoms with E-state index in [0.29, 0.717) is 21.9 Å². The van der Waals surface area contributed by atoms with Gasteiger partial charge in [-0.1, -0.05) is 170 Å². The Bertz CT molecular complexity index is 3150. The summed E-state index contributed by atoms with van der Waals surface area (Å²) >= 11 is 0. The van der Waals surface area contributed by atoms with Gasteiger partial charge in [0.2, 0.25) is 0 Å². The third-order valence-corrected chi connectivity index (χ3v) is 11.6. The maximum absolute atomic E-state index is 16.9. The summed E-state index contributed by atoms with van der Waals surface area (Å²) in [7, 11) is 0. The summed E-state index contributed by atoms with van der Waals surface area (Å²) in [5, 5.41) is 11.2. The highest BCUT2D eigenvalue weighted by Gasteiger charge is 2.20. The Kier molecular flexibility index (Phi) is 7.33. The first-order valence-electron chi connectivity index (χ1n) is 19.0. The molecule has 0 saturated heterocycles. The first kappa shape index (κ1) is 32.3. The van der Waals surface area contributed by atoms with Crippen molar-refractivity contribution in [2.75, 3.05) is 0 Å². The lowest BCUT2D eigenvalue weighted by molar-refractivity contribution is 0.644. The SMILES string of the molecule is Fc1c(-c2ccc(-c3c(F)c4ccccc4c4ccc(-c5ccc6ccccc6c5)cc34)cc2)c2cc(-c3ccc4ccccc4c3)ccc2c2ccccc12. The van der Waals surface area contributed by atoms with E-state index in [-0.39, 0.29) is 11.6 Å². The largest absolute Gasteiger partial charge is 0.206 e. The first-order valence-corrected chi connectivity index (χ1v) is 19.0. The van der Waals surface area contributed by atoms with Gasteiger partial charge in [0.15, 0.2) is 0 Å². The molecule has 0 amide bonds. The highest BCUT2D eigenvalue weighted by molar-refractivity contribution is 6.17. The normalized spacial score (nSPS) is 11.8. The zero-order valence-corrected chi connectivity index (χ0v) is 30.2. The van der Waals surface area contributed by atoms with Crippen molar-refractivity contribution in [2.24, 2.45) is 0 Å². The van der Waals surface area contributed by atoms with Crippen LogP contribution in [0.15, 0.2) is 194 Å². The standard InChI is InChI=1S/C54H32F2/c55-53-47-15-7-5-13-43(47)45-27-25-41(39-23-17-33-9-1-3-11-37(33)29-39)31-49(45)51(53)35-19-21-36(22-20-35)52-50-32-42(40-24-18-34-10-2-4-12-38(34)30-40)26-28-46(50)44-14-6-8-16-48(44)54(52)56/h1-32H. The van der Waals surface area contributed by atoms with Crippen molar-refractivity contribution in [1.82, 2.24) is 0 Å². The monoisotopic (exact) mass is 718 g/mol. The molecule has 0 aromatic heterocycles. The summed E-state index contributed by atoms with van der Waals surface area (Å²) in [4.78, 5) is 0. The van der Waals surface area contributed by atoms with E-state index < -0.39 is 0 Å². The Morgan fingerprint density at radius 1 is 0.214 bits per heavy atom. The molecule has 2 heteroatoms. The Hall–Kier alpha value is -7.16. The fourth-order valence-corrected chi connectivity index (χ4v) is 8.76. The van der Waals surface area contributed by atoms with Crippen LogP contribution in [0.4, 0.5) is 8.78 Å². The third-order valence-electron chi connectivity index (χ3n) is 11.6. The molecule has 0 spiro atoms. The lowest BCUT2D eigenvalue weighted by Crippen LogP contribution is -1.94. The van der Waals surface area contributed by atoms with Crippen molar-refractivity contribution in [3.8, 4) is 44.5 Å². The predicted octanol–water partition coefficient (Wildman–Crippen LogP) is 15.6. The number of hydrogen-bond acceptors (Lipinski definition) is 0. The predicted molar refractivity (Wildman–Crippen MR) is 233 cm³/mol. The van der Waals surface area contributed by atoms with Crippen LogP contribution in [-0.4, -0.2) is 0 Å². The molecule has 0 N–H and O–H groups in total. The molecule has 11 aromatic carbocycles. The van der Waals surface area contributed by atoms with Crippen molar-refractivity contribution < 1.29 is 8.78 Å². The van der Waals surface area contributed by atoms with Gasteiger partial charge in [0.25, 0.3) is 0 Å². The average molecular weight is 719 g/mol. The number of hydrogen-bond donors (Lipinski definition) is 0. The van der Waals surface area contributed by atoms with E-state index in [9.17, 15) is 0 Å². The summed E-state index contributed by atoms with van der Waals surface area (Å²) in [6.07, 6.45) is 0. The fraction of sp³-hybridized carbons (Fsp3) is 0. The topological polar surface area (TPSA) is 0 Å². The van der Waals surface area contributed by atoms with Crippen LogP contribution in [0, 0.1) is 11.6 Å². The highest BCUT2D eigenvalue weighted by atomic mass is 19.1. The molecular weight excluding hydrogens is 687 g/mol. The molecule has 0 unspecified atom stereocenters. The molecule has 0 aliphatic heterocycles. The van der Waals surface area contributed by atoms with Crippen molar-refractivity contribution >= 4 is 64.6 Å². The van der Waals surface area contributed by atoms with Gasteiger partial charge in [-0.25, -0.2) is 8.78 Å². The lowest BCUT2D eigenvalue weighted by Gasteiger charge is -2.17. The molecule has 0 bridgehead atoms. The van der Waals surface area contributed by atoms with Crippen LogP contribution in [-0.2, 0) is 0 Å². The van der Waals surface area contributed by atoms with Crippen LogP contribution in [0.3, 0.4) is 0 Å². The smallest absolute Gasteiger partial charge is 0.139 e. The Labute approximate surface area is 322 Å². The van der Waals surface area contributed by atoms with E-state index in [0.717, 1.165) is 76.5 Å². The van der Waals surface area contributed by atoms with Gasteiger partial charge in [-0.05, 0) is 112 Å².